The molecule has 0 aliphatic rings. The first-order valence-electron chi connectivity index (χ1n) is 7.09. The Balaban J connectivity index is 1.65. The Labute approximate surface area is 136 Å². The second-order valence-corrected chi connectivity index (χ2v) is 5.95. The van der Waals surface area contributed by atoms with Crippen molar-refractivity contribution in [3.8, 4) is 11.4 Å². The molecule has 4 aromatic rings. The van der Waals surface area contributed by atoms with E-state index in [-0.39, 0.29) is 0 Å². The van der Waals surface area contributed by atoms with E-state index in [0.29, 0.717) is 5.65 Å². The zero-order valence-corrected chi connectivity index (χ0v) is 13.0. The summed E-state index contributed by atoms with van der Waals surface area (Å²) in [7, 11) is 0. The third-order valence-electron chi connectivity index (χ3n) is 3.41. The lowest BCUT2D eigenvalue weighted by Gasteiger charge is -2.05. The van der Waals surface area contributed by atoms with Crippen molar-refractivity contribution in [2.45, 2.75) is 0 Å². The topological polar surface area (TPSA) is 66.5 Å². The first-order chi connectivity index (χ1) is 11.3. The molecule has 0 atom stereocenters. The van der Waals surface area contributed by atoms with E-state index < -0.39 is 0 Å². The zero-order valence-electron chi connectivity index (χ0n) is 12.2. The van der Waals surface area contributed by atoms with E-state index >= 15 is 0 Å². The molecule has 4 rings (SSSR count). The maximum Gasteiger partial charge on any atom is 0.194 e. The van der Waals surface area contributed by atoms with Gasteiger partial charge >= 0.3 is 0 Å². The largest absolute Gasteiger partial charge is 0.331 e. The Kier molecular flexibility index (Phi) is 3.36. The molecule has 0 aliphatic heterocycles. The lowest BCUT2D eigenvalue weighted by Crippen LogP contribution is -1.96. The number of pyridine rings is 1. The van der Waals surface area contributed by atoms with Gasteiger partial charge in [0, 0.05) is 11.9 Å². The molecular formula is C17H13N5S. The predicted octanol–water partition coefficient (Wildman–Crippen LogP) is 4.16. The third kappa shape index (κ3) is 2.60. The lowest BCUT2D eigenvalue weighted by atomic mass is 10.2. The zero-order chi connectivity index (χ0) is 15.6. The van der Waals surface area contributed by atoms with Gasteiger partial charge in [-0.3, -0.25) is 10.1 Å². The second-order valence-electron chi connectivity index (χ2n) is 4.95. The van der Waals surface area contributed by atoms with Gasteiger partial charge in [0.15, 0.2) is 10.8 Å². The van der Waals surface area contributed by atoms with Crippen LogP contribution in [0.15, 0.2) is 61.3 Å². The highest BCUT2D eigenvalue weighted by atomic mass is 32.1. The van der Waals surface area contributed by atoms with Crippen LogP contribution >= 0.6 is 11.3 Å². The van der Waals surface area contributed by atoms with Gasteiger partial charge in [-0.05, 0) is 17.7 Å². The molecule has 0 unspecified atom stereocenters. The minimum absolute atomic E-state index is 0.680. The minimum Gasteiger partial charge on any atom is -0.331 e. The molecule has 0 bridgehead atoms. The van der Waals surface area contributed by atoms with E-state index in [2.05, 4.69) is 32.1 Å². The van der Waals surface area contributed by atoms with Crippen LogP contribution in [0.2, 0.25) is 0 Å². The second kappa shape index (κ2) is 5.66. The molecule has 112 valence electrons. The maximum absolute atomic E-state index is 4.50. The smallest absolute Gasteiger partial charge is 0.194 e. The molecular weight excluding hydrogens is 306 g/mol. The molecule has 0 aliphatic carbocycles. The summed E-state index contributed by atoms with van der Waals surface area (Å²) in [6.45, 7) is 4.07. The molecule has 6 heteroatoms. The number of anilines is 1. The fraction of sp³-hybridized carbons (Fsp3) is 0. The van der Waals surface area contributed by atoms with E-state index in [1.54, 1.807) is 6.20 Å². The minimum atomic E-state index is 0.680. The average molecular weight is 319 g/mol. The first-order valence-corrected chi connectivity index (χ1v) is 7.90. The van der Waals surface area contributed by atoms with Gasteiger partial charge in [0.05, 0.1) is 5.69 Å². The number of nitrogens with zero attached hydrogens (tertiary/aromatic N) is 3. The molecule has 1 aromatic carbocycles. The van der Waals surface area contributed by atoms with Gasteiger partial charge in [-0.2, -0.15) is 10.1 Å². The van der Waals surface area contributed by atoms with Crippen molar-refractivity contribution in [2.75, 3.05) is 5.32 Å². The van der Waals surface area contributed by atoms with Gasteiger partial charge in [-0.1, -0.05) is 54.3 Å². The van der Waals surface area contributed by atoms with Gasteiger partial charge in [-0.15, -0.1) is 0 Å². The van der Waals surface area contributed by atoms with Crippen LogP contribution in [0.5, 0.6) is 0 Å². The normalized spacial score (nSPS) is 10.8. The third-order valence-corrected chi connectivity index (χ3v) is 4.39. The maximum atomic E-state index is 4.50. The monoisotopic (exact) mass is 319 g/mol. The number of fused-ring (bicyclic) bond motifs is 1. The van der Waals surface area contributed by atoms with Gasteiger partial charge in [0.1, 0.15) is 10.4 Å². The molecule has 0 saturated carbocycles. The quantitative estimate of drug-likeness (QED) is 0.592. The van der Waals surface area contributed by atoms with E-state index in [1.807, 2.05) is 48.5 Å². The van der Waals surface area contributed by atoms with E-state index in [0.717, 1.165) is 32.5 Å². The van der Waals surface area contributed by atoms with Crippen LogP contribution in [0.4, 0.5) is 5.13 Å². The SMILES string of the molecule is C=C(Nc1nc2n[nH]c(-c3ccccn3)c2s1)c1ccccc1. The molecule has 3 heterocycles. The Morgan fingerprint density at radius 3 is 2.70 bits per heavy atom. The molecule has 0 spiro atoms. The Bertz CT molecular complexity index is 957. The molecule has 3 aromatic heterocycles. The number of hydrogen-bond acceptors (Lipinski definition) is 5. The highest BCUT2D eigenvalue weighted by Crippen LogP contribution is 2.33. The van der Waals surface area contributed by atoms with E-state index in [9.17, 15) is 0 Å². The van der Waals surface area contributed by atoms with Crippen molar-refractivity contribution in [2.24, 2.45) is 0 Å². The number of rotatable bonds is 4. The number of aromatic nitrogens is 4. The first kappa shape index (κ1) is 13.7. The number of benzene rings is 1. The van der Waals surface area contributed by atoms with Crippen LogP contribution in [0.1, 0.15) is 5.56 Å². The van der Waals surface area contributed by atoms with Crippen molar-refractivity contribution in [1.29, 1.82) is 0 Å². The number of nitrogens with one attached hydrogen (secondary N) is 2. The van der Waals surface area contributed by atoms with Crippen molar-refractivity contribution in [3.63, 3.8) is 0 Å². The van der Waals surface area contributed by atoms with Crippen LogP contribution in [0, 0.1) is 0 Å². The van der Waals surface area contributed by atoms with Crippen molar-refractivity contribution < 1.29 is 0 Å². The molecule has 5 nitrogen and oxygen atoms in total. The summed E-state index contributed by atoms with van der Waals surface area (Å²) in [5.74, 6) is 0. The number of thiazole rings is 1. The molecule has 0 amide bonds. The fourth-order valence-corrected chi connectivity index (χ4v) is 3.22. The van der Waals surface area contributed by atoms with Gasteiger partial charge in [-0.25, -0.2) is 0 Å². The summed E-state index contributed by atoms with van der Waals surface area (Å²) in [5, 5.41) is 11.3. The van der Waals surface area contributed by atoms with Crippen LogP contribution in [0.25, 0.3) is 27.4 Å². The lowest BCUT2D eigenvalue weighted by molar-refractivity contribution is 1.09. The number of hydrogen-bond donors (Lipinski definition) is 2. The van der Waals surface area contributed by atoms with E-state index in [1.165, 1.54) is 11.3 Å². The summed E-state index contributed by atoms with van der Waals surface area (Å²) in [4.78, 5) is 8.86. The molecule has 0 radical (unpaired) electrons. The van der Waals surface area contributed by atoms with Gasteiger partial charge < -0.3 is 5.32 Å². The van der Waals surface area contributed by atoms with Gasteiger partial charge in [0.2, 0.25) is 0 Å². The molecule has 0 fully saturated rings. The molecule has 2 N–H and O–H groups in total. The average Bonchev–Trinajstić information content (AvgIpc) is 3.16. The highest BCUT2D eigenvalue weighted by molar-refractivity contribution is 7.22. The standard InChI is InChI=1S/C17H13N5S/c1-11(12-7-3-2-4-8-12)19-17-20-16-15(23-17)14(21-22-16)13-9-5-6-10-18-13/h2-10H,1H2,(H2,19,20,21,22). The summed E-state index contributed by atoms with van der Waals surface area (Å²) in [5.41, 5.74) is 4.26. The van der Waals surface area contributed by atoms with Crippen LogP contribution in [-0.2, 0) is 0 Å². The van der Waals surface area contributed by atoms with Crippen LogP contribution in [-0.4, -0.2) is 20.2 Å². The summed E-state index contributed by atoms with van der Waals surface area (Å²) in [6, 6.07) is 15.7. The van der Waals surface area contributed by atoms with Gasteiger partial charge in [0.25, 0.3) is 0 Å². The summed E-state index contributed by atoms with van der Waals surface area (Å²) < 4.78 is 0.979. The molecule has 0 saturated heterocycles. The predicted molar refractivity (Wildman–Crippen MR) is 94.1 cm³/mol. The highest BCUT2D eigenvalue weighted by Gasteiger charge is 2.14. The van der Waals surface area contributed by atoms with Crippen molar-refractivity contribution in [3.05, 3.63) is 66.9 Å². The van der Waals surface area contributed by atoms with Crippen molar-refractivity contribution >= 4 is 32.5 Å². The number of aromatic amines is 1. The molecule has 23 heavy (non-hydrogen) atoms. The van der Waals surface area contributed by atoms with Crippen LogP contribution in [0.3, 0.4) is 0 Å². The summed E-state index contributed by atoms with van der Waals surface area (Å²) in [6.07, 6.45) is 1.76. The van der Waals surface area contributed by atoms with Crippen LogP contribution < -0.4 is 5.32 Å². The Morgan fingerprint density at radius 1 is 1.09 bits per heavy atom. The van der Waals surface area contributed by atoms with Crippen molar-refractivity contribution in [1.82, 2.24) is 20.2 Å². The number of H-pyrrole nitrogens is 1. The fourth-order valence-electron chi connectivity index (χ4n) is 2.29. The Morgan fingerprint density at radius 2 is 1.91 bits per heavy atom. The van der Waals surface area contributed by atoms with E-state index in [4.69, 9.17) is 0 Å². The summed E-state index contributed by atoms with van der Waals surface area (Å²) >= 11 is 1.53. The Hall–Kier alpha value is -2.99.